The van der Waals surface area contributed by atoms with Crippen molar-refractivity contribution in [2.24, 2.45) is 0 Å². The van der Waals surface area contributed by atoms with E-state index in [0.717, 1.165) is 31.1 Å². The van der Waals surface area contributed by atoms with Crippen LogP contribution in [0.4, 0.5) is 0 Å². The molecule has 1 aromatic heterocycles. The number of hydrogen-bond acceptors (Lipinski definition) is 4. The van der Waals surface area contributed by atoms with Crippen molar-refractivity contribution in [2.75, 3.05) is 6.54 Å². The van der Waals surface area contributed by atoms with Gasteiger partial charge in [0, 0.05) is 6.42 Å². The number of nitrogens with zero attached hydrogens (tertiary/aromatic N) is 2. The van der Waals surface area contributed by atoms with E-state index in [1.165, 1.54) is 12.8 Å². The van der Waals surface area contributed by atoms with Gasteiger partial charge in [-0.05, 0) is 19.4 Å². The molecule has 0 spiro atoms. The molecule has 1 aliphatic rings. The van der Waals surface area contributed by atoms with Gasteiger partial charge in [-0.1, -0.05) is 18.5 Å². The Hall–Kier alpha value is -0.900. The largest absolute Gasteiger partial charge is 0.338 e. The van der Waals surface area contributed by atoms with Crippen LogP contribution >= 0.6 is 0 Å². The van der Waals surface area contributed by atoms with Crippen LogP contribution in [0, 0.1) is 0 Å². The van der Waals surface area contributed by atoms with E-state index in [9.17, 15) is 0 Å². The van der Waals surface area contributed by atoms with Crippen molar-refractivity contribution in [3.05, 3.63) is 11.7 Å². The molecule has 1 aromatic rings. The first-order valence-corrected chi connectivity index (χ1v) is 4.96. The molecule has 2 rings (SSSR count). The summed E-state index contributed by atoms with van der Waals surface area (Å²) in [5.74, 6) is 1.57. The van der Waals surface area contributed by atoms with Gasteiger partial charge in [0.2, 0.25) is 5.89 Å². The maximum Gasteiger partial charge on any atom is 0.243 e. The molecule has 0 saturated carbocycles. The fourth-order valence-corrected chi connectivity index (χ4v) is 1.62. The highest BCUT2D eigenvalue weighted by atomic mass is 16.5. The van der Waals surface area contributed by atoms with Gasteiger partial charge >= 0.3 is 0 Å². The van der Waals surface area contributed by atoms with Gasteiger partial charge < -0.3 is 9.84 Å². The van der Waals surface area contributed by atoms with Gasteiger partial charge in [0.1, 0.15) is 0 Å². The Labute approximate surface area is 77.7 Å². The lowest BCUT2D eigenvalue weighted by Gasteiger charge is -2.19. The fourth-order valence-electron chi connectivity index (χ4n) is 1.62. The van der Waals surface area contributed by atoms with E-state index < -0.39 is 0 Å². The summed E-state index contributed by atoms with van der Waals surface area (Å²) < 4.78 is 5.17. The third-order valence-electron chi connectivity index (χ3n) is 2.41. The molecule has 0 radical (unpaired) electrons. The second-order valence-electron chi connectivity index (χ2n) is 3.40. The molecule has 0 bridgehead atoms. The summed E-state index contributed by atoms with van der Waals surface area (Å²) in [6.07, 6.45) is 4.47. The zero-order chi connectivity index (χ0) is 9.10. The van der Waals surface area contributed by atoms with Gasteiger partial charge in [0.15, 0.2) is 5.82 Å². The Morgan fingerprint density at radius 1 is 1.54 bits per heavy atom. The molecule has 2 heterocycles. The van der Waals surface area contributed by atoms with Crippen LogP contribution in [0.2, 0.25) is 0 Å². The van der Waals surface area contributed by atoms with Gasteiger partial charge in [-0.15, -0.1) is 0 Å². The summed E-state index contributed by atoms with van der Waals surface area (Å²) in [4.78, 5) is 4.31. The summed E-state index contributed by atoms with van der Waals surface area (Å²) in [6, 6.07) is 0.293. The molecule has 0 amide bonds. The monoisotopic (exact) mass is 181 g/mol. The molecule has 1 saturated heterocycles. The topological polar surface area (TPSA) is 51.0 Å². The molecule has 4 nitrogen and oxygen atoms in total. The quantitative estimate of drug-likeness (QED) is 0.750. The van der Waals surface area contributed by atoms with E-state index in [1.54, 1.807) is 0 Å². The van der Waals surface area contributed by atoms with Crippen LogP contribution < -0.4 is 5.32 Å². The minimum atomic E-state index is 0.293. The predicted octanol–water partition coefficient (Wildman–Crippen LogP) is 1.45. The van der Waals surface area contributed by atoms with Crippen molar-refractivity contribution >= 4 is 0 Å². The first-order valence-electron chi connectivity index (χ1n) is 4.96. The lowest BCUT2D eigenvalue weighted by atomic mass is 10.1. The van der Waals surface area contributed by atoms with E-state index in [-0.39, 0.29) is 0 Å². The van der Waals surface area contributed by atoms with Crippen molar-refractivity contribution in [3.63, 3.8) is 0 Å². The normalized spacial score (nSPS) is 23.3. The third kappa shape index (κ3) is 1.88. The Morgan fingerprint density at radius 2 is 2.46 bits per heavy atom. The van der Waals surface area contributed by atoms with E-state index in [2.05, 4.69) is 15.5 Å². The number of rotatable bonds is 2. The lowest BCUT2D eigenvalue weighted by Crippen LogP contribution is -2.26. The van der Waals surface area contributed by atoms with Crippen LogP contribution in [0.25, 0.3) is 0 Å². The van der Waals surface area contributed by atoms with Gasteiger partial charge in [0.25, 0.3) is 0 Å². The van der Waals surface area contributed by atoms with Crippen LogP contribution in [0.3, 0.4) is 0 Å². The Kier molecular flexibility index (Phi) is 2.59. The number of aromatic nitrogens is 2. The molecule has 72 valence electrons. The summed E-state index contributed by atoms with van der Waals surface area (Å²) in [6.45, 7) is 3.09. The van der Waals surface area contributed by atoms with Gasteiger partial charge in [-0.25, -0.2) is 0 Å². The SMILES string of the molecule is CCc1noc(C2CCCCN2)n1. The average Bonchev–Trinajstić information content (AvgIpc) is 2.67. The summed E-state index contributed by atoms with van der Waals surface area (Å²) >= 11 is 0. The second-order valence-corrected chi connectivity index (χ2v) is 3.40. The van der Waals surface area contributed by atoms with Crippen molar-refractivity contribution in [3.8, 4) is 0 Å². The van der Waals surface area contributed by atoms with Crippen LogP contribution in [0.1, 0.15) is 43.9 Å². The Morgan fingerprint density at radius 3 is 3.08 bits per heavy atom. The highest BCUT2D eigenvalue weighted by Gasteiger charge is 2.20. The smallest absolute Gasteiger partial charge is 0.243 e. The maximum atomic E-state index is 5.17. The highest BCUT2D eigenvalue weighted by molar-refractivity contribution is 4.93. The summed E-state index contributed by atoms with van der Waals surface area (Å²) in [5.41, 5.74) is 0. The molecule has 0 aliphatic carbocycles. The molecule has 1 unspecified atom stereocenters. The molecule has 13 heavy (non-hydrogen) atoms. The number of hydrogen-bond donors (Lipinski definition) is 1. The van der Waals surface area contributed by atoms with E-state index in [4.69, 9.17) is 4.52 Å². The first kappa shape index (κ1) is 8.69. The van der Waals surface area contributed by atoms with Crippen molar-refractivity contribution < 1.29 is 4.52 Å². The zero-order valence-electron chi connectivity index (χ0n) is 7.92. The summed E-state index contributed by atoms with van der Waals surface area (Å²) in [7, 11) is 0. The van der Waals surface area contributed by atoms with Crippen molar-refractivity contribution in [1.82, 2.24) is 15.5 Å². The second kappa shape index (κ2) is 3.87. The molecular formula is C9H15N3O. The molecule has 4 heteroatoms. The van der Waals surface area contributed by atoms with E-state index in [0.29, 0.717) is 6.04 Å². The zero-order valence-corrected chi connectivity index (χ0v) is 7.92. The highest BCUT2D eigenvalue weighted by Crippen LogP contribution is 2.20. The Bertz CT molecular complexity index is 266. The molecule has 0 aromatic carbocycles. The third-order valence-corrected chi connectivity index (χ3v) is 2.41. The lowest BCUT2D eigenvalue weighted by molar-refractivity contribution is 0.296. The average molecular weight is 181 g/mol. The maximum absolute atomic E-state index is 5.17. The van der Waals surface area contributed by atoms with Gasteiger partial charge in [-0.2, -0.15) is 4.98 Å². The number of piperidine rings is 1. The standard InChI is InChI=1S/C9H15N3O/c1-2-8-11-9(13-12-8)7-5-3-4-6-10-7/h7,10H,2-6H2,1H3. The molecule has 1 atom stereocenters. The van der Waals surface area contributed by atoms with Crippen LogP contribution in [0.15, 0.2) is 4.52 Å². The van der Waals surface area contributed by atoms with Gasteiger partial charge in [0.05, 0.1) is 6.04 Å². The first-order chi connectivity index (χ1) is 6.40. The van der Waals surface area contributed by atoms with Crippen molar-refractivity contribution in [2.45, 2.75) is 38.6 Å². The van der Waals surface area contributed by atoms with Crippen LogP contribution in [-0.4, -0.2) is 16.7 Å². The molecule has 1 N–H and O–H groups in total. The van der Waals surface area contributed by atoms with Crippen molar-refractivity contribution in [1.29, 1.82) is 0 Å². The number of nitrogens with one attached hydrogen (secondary N) is 1. The van der Waals surface area contributed by atoms with Gasteiger partial charge in [-0.3, -0.25) is 0 Å². The minimum absolute atomic E-state index is 0.293. The van der Waals surface area contributed by atoms with Crippen LogP contribution in [-0.2, 0) is 6.42 Å². The molecule has 1 aliphatic heterocycles. The summed E-state index contributed by atoms with van der Waals surface area (Å²) in [5, 5.41) is 7.26. The minimum Gasteiger partial charge on any atom is -0.338 e. The fraction of sp³-hybridized carbons (Fsp3) is 0.778. The molecule has 1 fully saturated rings. The van der Waals surface area contributed by atoms with E-state index in [1.807, 2.05) is 6.92 Å². The van der Waals surface area contributed by atoms with Crippen LogP contribution in [0.5, 0.6) is 0 Å². The Balaban J connectivity index is 2.05. The number of aryl methyl sites for hydroxylation is 1. The molecular weight excluding hydrogens is 166 g/mol. The predicted molar refractivity (Wildman–Crippen MR) is 48.3 cm³/mol. The van der Waals surface area contributed by atoms with E-state index >= 15 is 0 Å².